The first-order valence-electron chi connectivity index (χ1n) is 6.89. The number of carbonyl (C=O) groups excluding carboxylic acids is 1. The van der Waals surface area contributed by atoms with E-state index in [2.05, 4.69) is 18.3 Å². The van der Waals surface area contributed by atoms with Crippen LogP contribution in [0.4, 0.5) is 9.18 Å². The summed E-state index contributed by atoms with van der Waals surface area (Å²) in [6.07, 6.45) is 1.01. The molecule has 0 aliphatic heterocycles. The summed E-state index contributed by atoms with van der Waals surface area (Å²) < 4.78 is 13.1. The third kappa shape index (κ3) is 4.56. The average Bonchev–Trinajstić information content (AvgIpc) is 2.92. The molecular weight excluding hydrogens is 287 g/mol. The number of aryl methyl sites for hydroxylation is 1. The molecule has 0 fully saturated rings. The number of halogens is 1. The highest BCUT2D eigenvalue weighted by molar-refractivity contribution is 7.11. The van der Waals surface area contributed by atoms with Crippen LogP contribution in [-0.4, -0.2) is 18.0 Å². The van der Waals surface area contributed by atoms with Crippen molar-refractivity contribution in [1.82, 2.24) is 10.2 Å². The number of amides is 2. The molecule has 0 unspecified atom stereocenters. The summed E-state index contributed by atoms with van der Waals surface area (Å²) in [5.74, 6) is -0.285. The van der Waals surface area contributed by atoms with Gasteiger partial charge in [-0.2, -0.15) is 0 Å². The summed E-state index contributed by atoms with van der Waals surface area (Å²) >= 11 is 1.71. The Balaban J connectivity index is 1.85. The lowest BCUT2D eigenvalue weighted by Crippen LogP contribution is -2.36. The first-order chi connectivity index (χ1) is 10.1. The molecule has 21 heavy (non-hydrogen) atoms. The molecule has 2 aromatic rings. The van der Waals surface area contributed by atoms with Gasteiger partial charge in [-0.05, 0) is 36.2 Å². The molecule has 2 rings (SSSR count). The summed E-state index contributed by atoms with van der Waals surface area (Å²) in [5, 5.41) is 2.87. The van der Waals surface area contributed by atoms with Gasteiger partial charge in [0.1, 0.15) is 5.82 Å². The average molecular weight is 306 g/mol. The highest BCUT2D eigenvalue weighted by atomic mass is 32.1. The van der Waals surface area contributed by atoms with Crippen LogP contribution in [0.25, 0.3) is 0 Å². The van der Waals surface area contributed by atoms with Crippen LogP contribution in [0, 0.1) is 5.82 Å². The molecule has 3 nitrogen and oxygen atoms in total. The molecule has 0 bridgehead atoms. The zero-order chi connectivity index (χ0) is 15.2. The minimum atomic E-state index is -0.285. The summed E-state index contributed by atoms with van der Waals surface area (Å²) in [6.45, 7) is 3.02. The van der Waals surface area contributed by atoms with Crippen LogP contribution in [0.3, 0.4) is 0 Å². The smallest absolute Gasteiger partial charge is 0.317 e. The Morgan fingerprint density at radius 2 is 2.05 bits per heavy atom. The Kier molecular flexibility index (Phi) is 5.33. The van der Waals surface area contributed by atoms with E-state index in [0.29, 0.717) is 13.1 Å². The van der Waals surface area contributed by atoms with Gasteiger partial charge in [-0.3, -0.25) is 0 Å². The van der Waals surface area contributed by atoms with Crippen LogP contribution in [0.15, 0.2) is 36.4 Å². The van der Waals surface area contributed by atoms with Crippen molar-refractivity contribution in [2.45, 2.75) is 26.4 Å². The van der Waals surface area contributed by atoms with Crippen molar-refractivity contribution < 1.29 is 9.18 Å². The number of hydrogen-bond donors (Lipinski definition) is 1. The molecule has 0 aliphatic rings. The van der Waals surface area contributed by atoms with Gasteiger partial charge in [0.2, 0.25) is 0 Å². The minimum absolute atomic E-state index is 0.161. The topological polar surface area (TPSA) is 32.3 Å². The molecule has 0 atom stereocenters. The molecule has 2 amide bonds. The molecule has 0 spiro atoms. The van der Waals surface area contributed by atoms with Gasteiger partial charge in [0.05, 0.1) is 6.54 Å². The van der Waals surface area contributed by atoms with Crippen LogP contribution in [-0.2, 0) is 19.5 Å². The number of hydrogen-bond acceptors (Lipinski definition) is 2. The van der Waals surface area contributed by atoms with Gasteiger partial charge < -0.3 is 10.2 Å². The second-order valence-corrected chi connectivity index (χ2v) is 6.12. The summed E-state index contributed by atoms with van der Waals surface area (Å²) in [6, 6.07) is 10.3. The molecule has 1 N–H and O–H groups in total. The van der Waals surface area contributed by atoms with Gasteiger partial charge in [-0.15, -0.1) is 11.3 Å². The molecule has 1 heterocycles. The van der Waals surface area contributed by atoms with E-state index in [4.69, 9.17) is 0 Å². The van der Waals surface area contributed by atoms with E-state index >= 15 is 0 Å². The zero-order valence-electron chi connectivity index (χ0n) is 12.2. The van der Waals surface area contributed by atoms with Crippen molar-refractivity contribution in [3.63, 3.8) is 0 Å². The van der Waals surface area contributed by atoms with E-state index < -0.39 is 0 Å². The van der Waals surface area contributed by atoms with E-state index in [1.54, 1.807) is 35.4 Å². The van der Waals surface area contributed by atoms with E-state index in [1.807, 2.05) is 6.07 Å². The Morgan fingerprint density at radius 1 is 1.29 bits per heavy atom. The van der Waals surface area contributed by atoms with E-state index in [9.17, 15) is 9.18 Å². The van der Waals surface area contributed by atoms with Crippen LogP contribution in [0.5, 0.6) is 0 Å². The van der Waals surface area contributed by atoms with E-state index in [-0.39, 0.29) is 11.8 Å². The van der Waals surface area contributed by atoms with Crippen LogP contribution in [0.1, 0.15) is 22.2 Å². The Hall–Kier alpha value is -1.88. The predicted octanol–water partition coefficient (Wildman–Crippen LogP) is 3.79. The Morgan fingerprint density at radius 3 is 2.71 bits per heavy atom. The van der Waals surface area contributed by atoms with Gasteiger partial charge in [-0.25, -0.2) is 9.18 Å². The minimum Gasteiger partial charge on any atom is -0.333 e. The highest BCUT2D eigenvalue weighted by Gasteiger charge is 2.09. The number of benzene rings is 1. The van der Waals surface area contributed by atoms with Gasteiger partial charge in [0.25, 0.3) is 0 Å². The summed E-state index contributed by atoms with van der Waals surface area (Å²) in [4.78, 5) is 16.0. The lowest BCUT2D eigenvalue weighted by atomic mass is 10.2. The fraction of sp³-hybridized carbons (Fsp3) is 0.312. The molecule has 0 saturated carbocycles. The van der Waals surface area contributed by atoms with Crippen molar-refractivity contribution in [2.75, 3.05) is 7.05 Å². The molecule has 0 radical (unpaired) electrons. The Labute approximate surface area is 128 Å². The maximum absolute atomic E-state index is 13.1. The number of urea groups is 1. The quantitative estimate of drug-likeness (QED) is 0.895. The van der Waals surface area contributed by atoms with Crippen LogP contribution in [0.2, 0.25) is 0 Å². The molecule has 1 aromatic carbocycles. The largest absolute Gasteiger partial charge is 0.333 e. The number of carbonyl (C=O) groups is 1. The maximum atomic E-state index is 13.1. The van der Waals surface area contributed by atoms with Crippen molar-refractivity contribution in [3.05, 3.63) is 57.5 Å². The standard InChI is InChI=1S/C16H19FN2OS/c1-3-14-7-8-15(21-14)10-18-16(20)19(2)11-12-5-4-6-13(17)9-12/h4-9H,3,10-11H2,1-2H3,(H,18,20). The van der Waals surface area contributed by atoms with Crippen LogP contribution < -0.4 is 5.32 Å². The van der Waals surface area contributed by atoms with Gasteiger partial charge in [0.15, 0.2) is 0 Å². The van der Waals surface area contributed by atoms with E-state index in [0.717, 1.165) is 16.9 Å². The molecule has 5 heteroatoms. The first kappa shape index (κ1) is 15.5. The lowest BCUT2D eigenvalue weighted by Gasteiger charge is -2.17. The van der Waals surface area contributed by atoms with Crippen molar-refractivity contribution in [2.24, 2.45) is 0 Å². The van der Waals surface area contributed by atoms with Gasteiger partial charge in [-0.1, -0.05) is 19.1 Å². The van der Waals surface area contributed by atoms with Gasteiger partial charge >= 0.3 is 6.03 Å². The molecule has 112 valence electrons. The third-order valence-corrected chi connectivity index (χ3v) is 4.36. The van der Waals surface area contributed by atoms with Crippen LogP contribution >= 0.6 is 11.3 Å². The summed E-state index contributed by atoms with van der Waals surface area (Å²) in [7, 11) is 1.70. The zero-order valence-corrected chi connectivity index (χ0v) is 13.0. The van der Waals surface area contributed by atoms with Crippen molar-refractivity contribution >= 4 is 17.4 Å². The predicted molar refractivity (Wildman–Crippen MR) is 83.8 cm³/mol. The fourth-order valence-electron chi connectivity index (χ4n) is 1.99. The molecule has 1 aromatic heterocycles. The lowest BCUT2D eigenvalue weighted by molar-refractivity contribution is 0.206. The number of thiophene rings is 1. The SMILES string of the molecule is CCc1ccc(CNC(=O)N(C)Cc2cccc(F)c2)s1. The second kappa shape index (κ2) is 7.22. The first-order valence-corrected chi connectivity index (χ1v) is 7.71. The van der Waals surface area contributed by atoms with Crippen molar-refractivity contribution in [1.29, 1.82) is 0 Å². The molecule has 0 aliphatic carbocycles. The van der Waals surface area contributed by atoms with Crippen molar-refractivity contribution in [3.8, 4) is 0 Å². The fourth-order valence-corrected chi connectivity index (χ4v) is 2.88. The third-order valence-electron chi connectivity index (χ3n) is 3.14. The Bertz CT molecular complexity index is 612. The second-order valence-electron chi connectivity index (χ2n) is 4.87. The van der Waals surface area contributed by atoms with E-state index in [1.165, 1.54) is 17.0 Å². The summed E-state index contributed by atoms with van der Waals surface area (Å²) in [5.41, 5.74) is 0.775. The maximum Gasteiger partial charge on any atom is 0.317 e. The molecular formula is C16H19FN2OS. The highest BCUT2D eigenvalue weighted by Crippen LogP contribution is 2.16. The number of nitrogens with one attached hydrogen (secondary N) is 1. The number of nitrogens with zero attached hydrogens (tertiary/aromatic N) is 1. The normalized spacial score (nSPS) is 10.4. The molecule has 0 saturated heterocycles. The van der Waals surface area contributed by atoms with Gasteiger partial charge in [0, 0.05) is 23.3 Å². The monoisotopic (exact) mass is 306 g/mol. The number of rotatable bonds is 5.